The fourth-order valence-electron chi connectivity index (χ4n) is 3.68. The number of benzene rings is 2. The zero-order valence-electron chi connectivity index (χ0n) is 15.9. The van der Waals surface area contributed by atoms with E-state index in [0.29, 0.717) is 5.56 Å². The number of hydrogen-bond donors (Lipinski definition) is 1. The van der Waals surface area contributed by atoms with Crippen molar-refractivity contribution in [1.29, 1.82) is 5.26 Å². The summed E-state index contributed by atoms with van der Waals surface area (Å²) in [5, 5.41) is 22.4. The van der Waals surface area contributed by atoms with Gasteiger partial charge in [-0.05, 0) is 36.2 Å². The molecule has 0 aromatic heterocycles. The van der Waals surface area contributed by atoms with Gasteiger partial charge in [-0.1, -0.05) is 12.1 Å². The molecule has 11 heteroatoms. The van der Waals surface area contributed by atoms with Crippen LogP contribution in [0.3, 0.4) is 0 Å². The first-order valence-corrected chi connectivity index (χ1v) is 9.17. The number of alkyl halides is 3. The van der Waals surface area contributed by atoms with Gasteiger partial charge in [-0.3, -0.25) is 14.9 Å². The summed E-state index contributed by atoms with van der Waals surface area (Å²) >= 11 is 0. The van der Waals surface area contributed by atoms with E-state index in [-0.39, 0.29) is 36.4 Å². The average Bonchev–Trinajstić information content (AvgIpc) is 2.73. The highest BCUT2D eigenvalue weighted by Crippen LogP contribution is 2.36. The first-order chi connectivity index (χ1) is 14.6. The maximum absolute atomic E-state index is 13.3. The quantitative estimate of drug-likeness (QED) is 0.448. The van der Waals surface area contributed by atoms with E-state index in [4.69, 9.17) is 5.26 Å². The molecule has 1 saturated heterocycles. The number of carbonyl (C=O) groups excluding carboxylic acids is 1. The van der Waals surface area contributed by atoms with Crippen LogP contribution in [0.2, 0.25) is 0 Å². The second kappa shape index (κ2) is 8.59. The van der Waals surface area contributed by atoms with Crippen LogP contribution in [-0.4, -0.2) is 36.1 Å². The van der Waals surface area contributed by atoms with Crippen LogP contribution in [0.25, 0.3) is 0 Å². The number of nitrogens with one attached hydrogen (secondary N) is 1. The number of amides is 1. The molecule has 31 heavy (non-hydrogen) atoms. The Labute approximate surface area is 174 Å². The van der Waals surface area contributed by atoms with Crippen LogP contribution in [0.5, 0.6) is 0 Å². The van der Waals surface area contributed by atoms with Crippen molar-refractivity contribution in [2.45, 2.75) is 24.6 Å². The van der Waals surface area contributed by atoms with Gasteiger partial charge in [0, 0.05) is 25.1 Å². The summed E-state index contributed by atoms with van der Waals surface area (Å²) in [5.41, 5.74) is 0.384. The number of carbonyl (C=O) groups is 1. The fraction of sp³-hybridized carbons (Fsp3) is 0.300. The lowest BCUT2D eigenvalue weighted by Gasteiger charge is -2.40. The third-order valence-corrected chi connectivity index (χ3v) is 5.13. The van der Waals surface area contributed by atoms with Gasteiger partial charge < -0.3 is 10.2 Å². The summed E-state index contributed by atoms with van der Waals surface area (Å²) in [6.45, 7) is 0.101. The number of nitrogens with zero attached hydrogens (tertiary/aromatic N) is 3. The van der Waals surface area contributed by atoms with Crippen LogP contribution in [0, 0.1) is 27.3 Å². The van der Waals surface area contributed by atoms with Crippen LogP contribution in [0.4, 0.5) is 28.9 Å². The lowest BCUT2D eigenvalue weighted by molar-refractivity contribution is -0.384. The number of nitro groups is 1. The van der Waals surface area contributed by atoms with E-state index in [9.17, 15) is 32.5 Å². The van der Waals surface area contributed by atoms with Crippen LogP contribution in [0.15, 0.2) is 42.5 Å². The number of anilines is 1. The third-order valence-electron chi connectivity index (χ3n) is 5.13. The molecule has 1 N–H and O–H groups in total. The van der Waals surface area contributed by atoms with Crippen molar-refractivity contribution >= 4 is 17.3 Å². The van der Waals surface area contributed by atoms with Gasteiger partial charge in [-0.15, -0.1) is 0 Å². The number of halogens is 4. The molecular formula is C20H16F4N4O3. The van der Waals surface area contributed by atoms with Crippen molar-refractivity contribution in [1.82, 2.24) is 5.32 Å². The number of piperidine rings is 1. The molecule has 1 heterocycles. The second-order valence-corrected chi connectivity index (χ2v) is 7.04. The summed E-state index contributed by atoms with van der Waals surface area (Å²) in [6.07, 6.45) is -4.85. The van der Waals surface area contributed by atoms with Crippen molar-refractivity contribution in [3.05, 3.63) is 69.5 Å². The number of nitro benzene ring substituents is 1. The zero-order chi connectivity index (χ0) is 22.8. The summed E-state index contributed by atoms with van der Waals surface area (Å²) in [7, 11) is 0. The van der Waals surface area contributed by atoms with Gasteiger partial charge in [0.15, 0.2) is 0 Å². The SMILES string of the molecule is N#Cc1ccc(N2CCC(c3ccc(F)cc3)C(NC(=O)C(F)(F)F)C2)c([N+](=O)[O-])c1. The van der Waals surface area contributed by atoms with Gasteiger partial charge in [0.1, 0.15) is 11.5 Å². The average molecular weight is 436 g/mol. The minimum atomic E-state index is -5.10. The van der Waals surface area contributed by atoms with Gasteiger partial charge in [0.25, 0.3) is 5.69 Å². The van der Waals surface area contributed by atoms with Crippen molar-refractivity contribution in [3.63, 3.8) is 0 Å². The largest absolute Gasteiger partial charge is 0.471 e. The minimum absolute atomic E-state index is 0.0681. The van der Waals surface area contributed by atoms with E-state index in [1.807, 2.05) is 5.32 Å². The third kappa shape index (κ3) is 4.91. The van der Waals surface area contributed by atoms with E-state index in [2.05, 4.69) is 0 Å². The Kier molecular flexibility index (Phi) is 6.10. The van der Waals surface area contributed by atoms with Gasteiger partial charge in [-0.25, -0.2) is 4.39 Å². The topological polar surface area (TPSA) is 99.3 Å². The Morgan fingerprint density at radius 1 is 1.23 bits per heavy atom. The zero-order valence-corrected chi connectivity index (χ0v) is 15.9. The lowest BCUT2D eigenvalue weighted by atomic mass is 9.85. The maximum atomic E-state index is 13.3. The first kappa shape index (κ1) is 22.0. The lowest BCUT2D eigenvalue weighted by Crippen LogP contribution is -2.54. The molecule has 3 rings (SSSR count). The van der Waals surface area contributed by atoms with Crippen LogP contribution in [-0.2, 0) is 4.79 Å². The molecular weight excluding hydrogens is 420 g/mol. The monoisotopic (exact) mass is 436 g/mol. The van der Waals surface area contributed by atoms with Gasteiger partial charge in [0.05, 0.1) is 22.6 Å². The summed E-state index contributed by atoms with van der Waals surface area (Å²) in [4.78, 5) is 23.9. The second-order valence-electron chi connectivity index (χ2n) is 7.04. The van der Waals surface area contributed by atoms with E-state index in [1.54, 1.807) is 6.07 Å². The molecule has 1 aliphatic rings. The Hall–Kier alpha value is -3.68. The summed E-state index contributed by atoms with van der Waals surface area (Å²) < 4.78 is 51.9. The maximum Gasteiger partial charge on any atom is 0.471 e. The highest BCUT2D eigenvalue weighted by Gasteiger charge is 2.42. The summed E-state index contributed by atoms with van der Waals surface area (Å²) in [6, 6.07) is 9.81. The molecule has 0 saturated carbocycles. The predicted octanol–water partition coefficient (Wildman–Crippen LogP) is 3.65. The molecule has 2 aromatic rings. The molecule has 2 unspecified atom stereocenters. The highest BCUT2D eigenvalue weighted by atomic mass is 19.4. The van der Waals surface area contributed by atoms with Gasteiger partial charge >= 0.3 is 12.1 Å². The van der Waals surface area contributed by atoms with Gasteiger partial charge in [-0.2, -0.15) is 18.4 Å². The Morgan fingerprint density at radius 3 is 2.48 bits per heavy atom. The molecule has 0 radical (unpaired) electrons. The molecule has 162 valence electrons. The van der Waals surface area contributed by atoms with Crippen LogP contribution < -0.4 is 10.2 Å². The minimum Gasteiger partial charge on any atom is -0.364 e. The predicted molar refractivity (Wildman–Crippen MR) is 102 cm³/mol. The molecule has 1 amide bonds. The first-order valence-electron chi connectivity index (χ1n) is 9.17. The highest BCUT2D eigenvalue weighted by molar-refractivity contribution is 5.82. The van der Waals surface area contributed by atoms with Crippen LogP contribution in [0.1, 0.15) is 23.5 Å². The van der Waals surface area contributed by atoms with E-state index >= 15 is 0 Å². The van der Waals surface area contributed by atoms with E-state index in [0.717, 1.165) is 6.07 Å². The standard InChI is InChI=1S/C20H16F4N4O3/c21-14-4-2-13(3-5-14)15-7-8-27(11-16(15)26-19(29)20(22,23)24)17-6-1-12(10-25)9-18(17)28(30)31/h1-6,9,15-16H,7-8,11H2,(H,26,29). The Balaban J connectivity index is 1.94. The van der Waals surface area contributed by atoms with Crippen molar-refractivity contribution in [3.8, 4) is 6.07 Å². The molecule has 0 bridgehead atoms. The summed E-state index contributed by atoms with van der Waals surface area (Å²) in [5.74, 6) is -3.19. The smallest absolute Gasteiger partial charge is 0.364 e. The normalized spacial score (nSPS) is 18.9. The Morgan fingerprint density at radius 2 is 1.90 bits per heavy atom. The molecule has 0 spiro atoms. The molecule has 2 atom stereocenters. The van der Waals surface area contributed by atoms with E-state index < -0.39 is 34.8 Å². The van der Waals surface area contributed by atoms with Crippen LogP contribution >= 0.6 is 0 Å². The molecule has 1 fully saturated rings. The number of nitriles is 1. The fourth-order valence-corrected chi connectivity index (χ4v) is 3.68. The van der Waals surface area contributed by atoms with Crippen molar-refractivity contribution in [2.75, 3.05) is 18.0 Å². The molecule has 1 aliphatic heterocycles. The van der Waals surface area contributed by atoms with Crippen molar-refractivity contribution in [2.24, 2.45) is 0 Å². The number of hydrogen-bond acceptors (Lipinski definition) is 5. The number of rotatable bonds is 4. The van der Waals surface area contributed by atoms with Crippen molar-refractivity contribution < 1.29 is 27.3 Å². The molecule has 7 nitrogen and oxygen atoms in total. The van der Waals surface area contributed by atoms with E-state index in [1.165, 1.54) is 41.3 Å². The Bertz CT molecular complexity index is 1030. The molecule has 0 aliphatic carbocycles. The van der Waals surface area contributed by atoms with Gasteiger partial charge in [0.2, 0.25) is 0 Å². The molecule has 2 aromatic carbocycles.